The maximum Gasteiger partial charge on any atom is 0.259 e. The number of carbonyl (C=O) groups is 1. The quantitative estimate of drug-likeness (QED) is 0.711. The molecule has 1 aromatic rings. The third-order valence-electron chi connectivity index (χ3n) is 1.69. The summed E-state index contributed by atoms with van der Waals surface area (Å²) in [4.78, 5) is 16.9. The van der Waals surface area contributed by atoms with E-state index in [2.05, 4.69) is 52.8 Å². The van der Waals surface area contributed by atoms with Crippen molar-refractivity contribution in [3.05, 3.63) is 19.7 Å². The van der Waals surface area contributed by atoms with E-state index in [-0.39, 0.29) is 12.5 Å². The van der Waals surface area contributed by atoms with Crippen LogP contribution >= 0.6 is 47.8 Å². The van der Waals surface area contributed by atoms with Gasteiger partial charge in [-0.15, -0.1) is 0 Å². The lowest BCUT2D eigenvalue weighted by molar-refractivity contribution is -0.130. The van der Waals surface area contributed by atoms with Crippen LogP contribution in [0.15, 0.2) is 19.7 Å². The van der Waals surface area contributed by atoms with E-state index in [1.165, 1.54) is 4.90 Å². The molecule has 0 N–H and O–H groups in total. The average molecular weight is 417 g/mol. The Morgan fingerprint density at radius 3 is 2.56 bits per heavy atom. The second-order valence-corrected chi connectivity index (χ2v) is 5.54. The summed E-state index contributed by atoms with van der Waals surface area (Å²) in [5.41, 5.74) is 0. The smallest absolute Gasteiger partial charge is 0.259 e. The van der Waals surface area contributed by atoms with E-state index >= 15 is 0 Å². The van der Waals surface area contributed by atoms with E-state index in [1.807, 2.05) is 0 Å². The molecular formula is C9H9Br3N2O2. The Balaban J connectivity index is 2.78. The van der Waals surface area contributed by atoms with E-state index in [9.17, 15) is 4.79 Å². The van der Waals surface area contributed by atoms with Crippen molar-refractivity contribution in [2.24, 2.45) is 0 Å². The van der Waals surface area contributed by atoms with Gasteiger partial charge in [0.1, 0.15) is 4.60 Å². The van der Waals surface area contributed by atoms with E-state index in [0.29, 0.717) is 15.0 Å². The van der Waals surface area contributed by atoms with Crippen LogP contribution in [0.3, 0.4) is 0 Å². The number of hydrogen-bond acceptors (Lipinski definition) is 3. The van der Waals surface area contributed by atoms with Crippen molar-refractivity contribution in [3.63, 3.8) is 0 Å². The van der Waals surface area contributed by atoms with Gasteiger partial charge in [0.2, 0.25) is 0 Å². The Labute approximate surface area is 119 Å². The number of ether oxygens (including phenoxy) is 1. The predicted octanol–water partition coefficient (Wildman–Crippen LogP) is 2.84. The Morgan fingerprint density at radius 1 is 1.44 bits per heavy atom. The molecule has 88 valence electrons. The number of likely N-dealkylation sites (N-methyl/N-ethyl adjacent to an activating group) is 1. The molecule has 1 amide bonds. The van der Waals surface area contributed by atoms with Crippen molar-refractivity contribution in [3.8, 4) is 5.75 Å². The summed E-state index contributed by atoms with van der Waals surface area (Å²) in [5, 5.41) is 0. The highest BCUT2D eigenvalue weighted by atomic mass is 79.9. The summed E-state index contributed by atoms with van der Waals surface area (Å²) in [6, 6.07) is 1.75. The summed E-state index contributed by atoms with van der Waals surface area (Å²) in [7, 11) is 3.35. The highest BCUT2D eigenvalue weighted by Crippen LogP contribution is 2.33. The summed E-state index contributed by atoms with van der Waals surface area (Å²) < 4.78 is 7.33. The molecule has 1 heterocycles. The van der Waals surface area contributed by atoms with E-state index < -0.39 is 0 Å². The minimum Gasteiger partial charge on any atom is -0.480 e. The molecule has 0 aliphatic rings. The zero-order chi connectivity index (χ0) is 12.3. The van der Waals surface area contributed by atoms with Crippen LogP contribution in [0, 0.1) is 0 Å². The number of pyridine rings is 1. The van der Waals surface area contributed by atoms with Crippen LogP contribution < -0.4 is 4.74 Å². The maximum absolute atomic E-state index is 11.3. The zero-order valence-corrected chi connectivity index (χ0v) is 13.4. The van der Waals surface area contributed by atoms with Crippen molar-refractivity contribution in [1.29, 1.82) is 0 Å². The van der Waals surface area contributed by atoms with Gasteiger partial charge in [-0.05, 0) is 53.9 Å². The van der Waals surface area contributed by atoms with Gasteiger partial charge in [0, 0.05) is 14.1 Å². The fourth-order valence-electron chi connectivity index (χ4n) is 0.837. The number of hydrogen-bond donors (Lipinski definition) is 0. The largest absolute Gasteiger partial charge is 0.480 e. The fourth-order valence-corrected chi connectivity index (χ4v) is 3.09. The molecule has 0 saturated heterocycles. The maximum atomic E-state index is 11.3. The van der Waals surface area contributed by atoms with Crippen molar-refractivity contribution < 1.29 is 9.53 Å². The highest BCUT2D eigenvalue weighted by molar-refractivity contribution is 9.11. The molecule has 7 heteroatoms. The first kappa shape index (κ1) is 13.9. The third kappa shape index (κ3) is 3.71. The van der Waals surface area contributed by atoms with E-state index in [1.54, 1.807) is 20.2 Å². The molecule has 0 atom stereocenters. The fraction of sp³-hybridized carbons (Fsp3) is 0.333. The van der Waals surface area contributed by atoms with Crippen molar-refractivity contribution in [1.82, 2.24) is 9.88 Å². The molecular weight excluding hydrogens is 408 g/mol. The second-order valence-electron chi connectivity index (χ2n) is 3.12. The number of aromatic nitrogens is 1. The first-order valence-electron chi connectivity index (χ1n) is 4.26. The van der Waals surface area contributed by atoms with Crippen LogP contribution in [0.4, 0.5) is 0 Å². The molecule has 0 bridgehead atoms. The van der Waals surface area contributed by atoms with Gasteiger partial charge in [-0.2, -0.15) is 0 Å². The number of halogens is 3. The van der Waals surface area contributed by atoms with Crippen LogP contribution in [0.25, 0.3) is 0 Å². The van der Waals surface area contributed by atoms with Gasteiger partial charge in [-0.1, -0.05) is 0 Å². The van der Waals surface area contributed by atoms with Crippen molar-refractivity contribution in [2.75, 3.05) is 20.7 Å². The number of carbonyl (C=O) groups excluding carboxylic acids is 1. The summed E-state index contributed by atoms with van der Waals surface area (Å²) >= 11 is 9.85. The third-order valence-corrected chi connectivity index (χ3v) is 3.23. The number of amides is 1. The average Bonchev–Trinajstić information content (AvgIpc) is 2.15. The summed E-state index contributed by atoms with van der Waals surface area (Å²) in [5.74, 6) is 0.403. The Bertz CT molecular complexity index is 387. The topological polar surface area (TPSA) is 42.4 Å². The van der Waals surface area contributed by atoms with Gasteiger partial charge >= 0.3 is 0 Å². The lowest BCUT2D eigenvalue weighted by Gasteiger charge is -2.13. The van der Waals surface area contributed by atoms with E-state index in [0.717, 1.165) is 4.47 Å². The number of nitrogens with zero attached hydrogens (tertiary/aromatic N) is 2. The zero-order valence-electron chi connectivity index (χ0n) is 8.63. The van der Waals surface area contributed by atoms with Crippen LogP contribution in [0.2, 0.25) is 0 Å². The lowest BCUT2D eigenvalue weighted by Crippen LogP contribution is -2.27. The molecule has 1 aromatic heterocycles. The second kappa shape index (κ2) is 5.97. The van der Waals surface area contributed by atoms with E-state index in [4.69, 9.17) is 4.74 Å². The predicted molar refractivity (Wildman–Crippen MR) is 71.5 cm³/mol. The first-order chi connectivity index (χ1) is 7.41. The van der Waals surface area contributed by atoms with Crippen molar-refractivity contribution in [2.45, 2.75) is 0 Å². The lowest BCUT2D eigenvalue weighted by atomic mass is 10.4. The molecule has 0 aromatic carbocycles. The van der Waals surface area contributed by atoms with Crippen LogP contribution in [-0.4, -0.2) is 36.5 Å². The molecule has 0 unspecified atom stereocenters. The van der Waals surface area contributed by atoms with Crippen LogP contribution in [0.1, 0.15) is 0 Å². The molecule has 0 fully saturated rings. The standard InChI is InChI=1S/C9H9Br3N2O2/c1-14(2)7(15)4-16-8-5(10)3-6(11)13-9(8)12/h3H,4H2,1-2H3. The molecule has 16 heavy (non-hydrogen) atoms. The Morgan fingerprint density at radius 2 is 2.06 bits per heavy atom. The van der Waals surface area contributed by atoms with Gasteiger partial charge in [0.15, 0.2) is 17.0 Å². The minimum atomic E-state index is -0.110. The van der Waals surface area contributed by atoms with Crippen LogP contribution in [0.5, 0.6) is 5.75 Å². The normalized spacial score (nSPS) is 10.1. The Hall–Kier alpha value is -0.140. The molecule has 0 aliphatic heterocycles. The molecule has 0 radical (unpaired) electrons. The first-order valence-corrected chi connectivity index (χ1v) is 6.64. The van der Waals surface area contributed by atoms with Gasteiger partial charge in [0.25, 0.3) is 5.91 Å². The molecule has 0 aliphatic carbocycles. The Kier molecular flexibility index (Phi) is 5.20. The van der Waals surface area contributed by atoms with Gasteiger partial charge in [-0.25, -0.2) is 4.98 Å². The molecule has 0 spiro atoms. The monoisotopic (exact) mass is 414 g/mol. The van der Waals surface area contributed by atoms with Crippen molar-refractivity contribution >= 4 is 53.7 Å². The minimum absolute atomic E-state index is 0.0203. The summed E-state index contributed by atoms with van der Waals surface area (Å²) in [6.07, 6.45) is 0. The van der Waals surface area contributed by atoms with Gasteiger partial charge < -0.3 is 9.64 Å². The highest BCUT2D eigenvalue weighted by Gasteiger charge is 2.12. The molecule has 0 saturated carbocycles. The summed E-state index contributed by atoms with van der Waals surface area (Å²) in [6.45, 7) is -0.0203. The van der Waals surface area contributed by atoms with Crippen LogP contribution in [-0.2, 0) is 4.79 Å². The molecule has 4 nitrogen and oxygen atoms in total. The SMILES string of the molecule is CN(C)C(=O)COc1c(Br)cc(Br)nc1Br. The number of rotatable bonds is 3. The van der Waals surface area contributed by atoms with Gasteiger partial charge in [-0.3, -0.25) is 4.79 Å². The van der Waals surface area contributed by atoms with Gasteiger partial charge in [0.05, 0.1) is 4.47 Å². The molecule has 1 rings (SSSR count).